The number of hydrogen-bond acceptors (Lipinski definition) is 4. The van der Waals surface area contributed by atoms with Gasteiger partial charge in [0.25, 0.3) is 10.0 Å². The van der Waals surface area contributed by atoms with E-state index in [1.165, 1.54) is 10.7 Å². The number of carbonyl (C=O) groups excluding carboxylic acids is 2. The number of anilines is 1. The van der Waals surface area contributed by atoms with Crippen molar-refractivity contribution in [2.45, 2.75) is 96.7 Å². The first-order chi connectivity index (χ1) is 20.5. The van der Waals surface area contributed by atoms with Crippen molar-refractivity contribution in [3.63, 3.8) is 0 Å². The van der Waals surface area contributed by atoms with Crippen LogP contribution < -0.4 is 9.62 Å². The van der Waals surface area contributed by atoms with Gasteiger partial charge in [-0.05, 0) is 81.8 Å². The maximum Gasteiger partial charge on any atom is 0.264 e. The van der Waals surface area contributed by atoms with E-state index in [1.807, 2.05) is 71.0 Å². The van der Waals surface area contributed by atoms with Crippen LogP contribution in [0, 0.1) is 27.7 Å². The average Bonchev–Trinajstić information content (AvgIpc) is 2.97. The summed E-state index contributed by atoms with van der Waals surface area (Å²) in [5.41, 5.74) is 5.03. The van der Waals surface area contributed by atoms with Crippen molar-refractivity contribution in [3.8, 4) is 0 Å². The van der Waals surface area contributed by atoms with E-state index in [4.69, 9.17) is 0 Å². The highest BCUT2D eigenvalue weighted by atomic mass is 32.2. The zero-order valence-corrected chi connectivity index (χ0v) is 26.9. The maximum absolute atomic E-state index is 14.4. The fourth-order valence-electron chi connectivity index (χ4n) is 5.87. The van der Waals surface area contributed by atoms with Crippen molar-refractivity contribution in [2.75, 3.05) is 10.8 Å². The lowest BCUT2D eigenvalue weighted by Crippen LogP contribution is -2.54. The fraction of sp³-hybridized carbons (Fsp3) is 0.429. The minimum absolute atomic E-state index is 0.0966. The highest BCUT2D eigenvalue weighted by molar-refractivity contribution is 7.92. The van der Waals surface area contributed by atoms with E-state index < -0.39 is 28.5 Å². The molecule has 1 aliphatic carbocycles. The number of rotatable bonds is 11. The van der Waals surface area contributed by atoms with E-state index in [9.17, 15) is 18.0 Å². The third-order valence-corrected chi connectivity index (χ3v) is 10.2. The number of carbonyl (C=O) groups is 2. The van der Waals surface area contributed by atoms with E-state index in [2.05, 4.69) is 5.32 Å². The first kappa shape index (κ1) is 32.3. The molecule has 7 nitrogen and oxygen atoms in total. The molecule has 3 aromatic rings. The number of nitrogens with one attached hydrogen (secondary N) is 1. The van der Waals surface area contributed by atoms with Crippen LogP contribution in [0.2, 0.25) is 0 Å². The molecule has 1 atom stereocenters. The van der Waals surface area contributed by atoms with Crippen LogP contribution in [0.15, 0.2) is 71.6 Å². The normalized spacial score (nSPS) is 14.6. The molecular weight excluding hydrogens is 558 g/mol. The minimum Gasteiger partial charge on any atom is -0.352 e. The van der Waals surface area contributed by atoms with E-state index in [0.717, 1.165) is 53.5 Å². The smallest absolute Gasteiger partial charge is 0.264 e. The summed E-state index contributed by atoms with van der Waals surface area (Å²) in [5.74, 6) is -0.611. The van der Waals surface area contributed by atoms with Gasteiger partial charge in [0.15, 0.2) is 0 Å². The Morgan fingerprint density at radius 1 is 0.860 bits per heavy atom. The Bertz CT molecular complexity index is 1530. The molecule has 0 heterocycles. The van der Waals surface area contributed by atoms with E-state index in [0.29, 0.717) is 12.1 Å². The second-order valence-electron chi connectivity index (χ2n) is 11.8. The number of hydrogen-bond donors (Lipinski definition) is 1. The number of nitrogens with zero attached hydrogens (tertiary/aromatic N) is 2. The molecular formula is C35H45N3O4S. The molecule has 1 fully saturated rings. The van der Waals surface area contributed by atoms with Crippen molar-refractivity contribution in [1.82, 2.24) is 10.2 Å². The molecule has 0 spiro atoms. The molecule has 230 valence electrons. The van der Waals surface area contributed by atoms with Crippen LogP contribution in [-0.2, 0) is 26.2 Å². The molecule has 4 rings (SSSR count). The molecule has 0 aliphatic heterocycles. The van der Waals surface area contributed by atoms with E-state index in [-0.39, 0.29) is 23.4 Å². The predicted octanol–water partition coefficient (Wildman–Crippen LogP) is 6.37. The topological polar surface area (TPSA) is 86.8 Å². The number of benzene rings is 3. The van der Waals surface area contributed by atoms with Gasteiger partial charge in [0.2, 0.25) is 11.8 Å². The molecule has 2 amide bonds. The average molecular weight is 604 g/mol. The molecule has 1 aliphatic rings. The summed E-state index contributed by atoms with van der Waals surface area (Å²) in [6.07, 6.45) is 5.60. The van der Waals surface area contributed by atoms with Gasteiger partial charge >= 0.3 is 0 Å². The van der Waals surface area contributed by atoms with Gasteiger partial charge in [-0.1, -0.05) is 85.8 Å². The number of amides is 2. The second kappa shape index (κ2) is 14.2. The number of sulfonamides is 1. The highest BCUT2D eigenvalue weighted by Crippen LogP contribution is 2.29. The van der Waals surface area contributed by atoms with Crippen molar-refractivity contribution in [1.29, 1.82) is 0 Å². The first-order valence-corrected chi connectivity index (χ1v) is 16.8. The van der Waals surface area contributed by atoms with Crippen LogP contribution in [0.5, 0.6) is 0 Å². The van der Waals surface area contributed by atoms with Crippen molar-refractivity contribution in [3.05, 3.63) is 94.5 Å². The lowest BCUT2D eigenvalue weighted by atomic mass is 9.95. The van der Waals surface area contributed by atoms with Gasteiger partial charge in [-0.3, -0.25) is 13.9 Å². The van der Waals surface area contributed by atoms with E-state index >= 15 is 0 Å². The molecule has 3 aromatic carbocycles. The lowest BCUT2D eigenvalue weighted by molar-refractivity contribution is -0.140. The van der Waals surface area contributed by atoms with Crippen LogP contribution in [0.25, 0.3) is 0 Å². The van der Waals surface area contributed by atoms with Gasteiger partial charge in [0.05, 0.1) is 10.6 Å². The van der Waals surface area contributed by atoms with Gasteiger partial charge in [0, 0.05) is 12.6 Å². The quantitative estimate of drug-likeness (QED) is 0.276. The molecule has 1 unspecified atom stereocenters. The second-order valence-corrected chi connectivity index (χ2v) is 13.7. The minimum atomic E-state index is -4.11. The lowest BCUT2D eigenvalue weighted by Gasteiger charge is -2.35. The summed E-state index contributed by atoms with van der Waals surface area (Å²) in [6.45, 7) is 9.34. The van der Waals surface area contributed by atoms with Crippen LogP contribution >= 0.6 is 0 Å². The largest absolute Gasteiger partial charge is 0.352 e. The molecule has 8 heteroatoms. The Balaban J connectivity index is 1.74. The zero-order valence-electron chi connectivity index (χ0n) is 26.1. The van der Waals surface area contributed by atoms with Gasteiger partial charge in [-0.2, -0.15) is 0 Å². The SMILES string of the molecule is CCC(C(=O)NC1CCCCC1)N(Cc1ccccc1C)C(=O)CN(c1ccc(C)cc1C)S(=O)(=O)c1ccc(C)cc1. The van der Waals surface area contributed by atoms with Crippen LogP contribution in [0.4, 0.5) is 5.69 Å². The Labute approximate surface area is 257 Å². The van der Waals surface area contributed by atoms with Gasteiger partial charge in [-0.15, -0.1) is 0 Å². The molecule has 1 N–H and O–H groups in total. The van der Waals surface area contributed by atoms with Crippen molar-refractivity contribution >= 4 is 27.5 Å². The summed E-state index contributed by atoms with van der Waals surface area (Å²) in [5, 5.41) is 3.20. The standard InChI is InChI=1S/C35H45N3O4S/c1-6-32(35(40)36-30-14-8-7-9-15-30)37(23-29-13-11-10-12-27(29)4)34(39)24-38(33-21-18-26(3)22-28(33)5)43(41,42)31-19-16-25(2)17-20-31/h10-13,16-22,30,32H,6-9,14-15,23-24H2,1-5H3,(H,36,40). The van der Waals surface area contributed by atoms with Gasteiger partial charge in [0.1, 0.15) is 12.6 Å². The van der Waals surface area contributed by atoms with Crippen LogP contribution in [-0.4, -0.2) is 43.8 Å². The monoisotopic (exact) mass is 603 g/mol. The molecule has 0 aromatic heterocycles. The van der Waals surface area contributed by atoms with Crippen LogP contribution in [0.1, 0.15) is 73.3 Å². The number of aryl methyl sites for hydroxylation is 4. The van der Waals surface area contributed by atoms with Crippen molar-refractivity contribution < 1.29 is 18.0 Å². The first-order valence-electron chi connectivity index (χ1n) is 15.3. The molecule has 0 saturated heterocycles. The van der Waals surface area contributed by atoms with Crippen LogP contribution in [0.3, 0.4) is 0 Å². The Hall–Kier alpha value is -3.65. The molecule has 1 saturated carbocycles. The molecule has 0 bridgehead atoms. The molecule has 0 radical (unpaired) electrons. The van der Waals surface area contributed by atoms with Gasteiger partial charge < -0.3 is 10.2 Å². The van der Waals surface area contributed by atoms with Gasteiger partial charge in [-0.25, -0.2) is 8.42 Å². The Morgan fingerprint density at radius 3 is 2.14 bits per heavy atom. The summed E-state index contributed by atoms with van der Waals surface area (Å²) < 4.78 is 29.5. The highest BCUT2D eigenvalue weighted by Gasteiger charge is 2.35. The van der Waals surface area contributed by atoms with E-state index in [1.54, 1.807) is 35.2 Å². The fourth-order valence-corrected chi connectivity index (χ4v) is 7.35. The summed E-state index contributed by atoms with van der Waals surface area (Å²) in [7, 11) is -4.11. The molecule has 43 heavy (non-hydrogen) atoms. The van der Waals surface area contributed by atoms with Crippen molar-refractivity contribution in [2.24, 2.45) is 0 Å². The third-order valence-electron chi connectivity index (χ3n) is 8.45. The predicted molar refractivity (Wildman–Crippen MR) is 172 cm³/mol. The Kier molecular flexibility index (Phi) is 10.7. The maximum atomic E-state index is 14.4. The Morgan fingerprint density at radius 2 is 1.51 bits per heavy atom. The third kappa shape index (κ3) is 7.85. The zero-order chi connectivity index (χ0) is 31.1. The summed E-state index contributed by atoms with van der Waals surface area (Å²) >= 11 is 0. The summed E-state index contributed by atoms with van der Waals surface area (Å²) in [6, 6.07) is 19.3. The summed E-state index contributed by atoms with van der Waals surface area (Å²) in [4.78, 5) is 29.8.